The van der Waals surface area contributed by atoms with E-state index < -0.39 is 0 Å². The molecule has 1 aliphatic heterocycles. The Kier molecular flexibility index (Phi) is 8.16. The van der Waals surface area contributed by atoms with E-state index in [-0.39, 0.29) is 24.4 Å². The summed E-state index contributed by atoms with van der Waals surface area (Å²) in [4.78, 5) is 24.4. The summed E-state index contributed by atoms with van der Waals surface area (Å²) < 4.78 is 11.2. The van der Waals surface area contributed by atoms with Gasteiger partial charge in [-0.05, 0) is 54.3 Å². The molecule has 0 fully saturated rings. The average molecular weight is 497 g/mol. The van der Waals surface area contributed by atoms with E-state index in [9.17, 15) is 9.59 Å². The van der Waals surface area contributed by atoms with Crippen LogP contribution in [0.5, 0.6) is 11.5 Å². The fourth-order valence-corrected chi connectivity index (χ4v) is 4.67. The molecule has 10 heteroatoms. The number of carbonyl (C=O) groups is 2. The largest absolute Gasteiger partial charge is 0.454 e. The lowest BCUT2D eigenvalue weighted by atomic mass is 10.1. The Morgan fingerprint density at radius 1 is 1.09 bits per heavy atom. The van der Waals surface area contributed by atoms with Crippen molar-refractivity contribution in [2.24, 2.45) is 0 Å². The number of anilines is 2. The third-order valence-corrected chi connectivity index (χ3v) is 6.82. The molecular formula is C24H24N4O4S2. The van der Waals surface area contributed by atoms with Gasteiger partial charge in [0.25, 0.3) is 0 Å². The maximum absolute atomic E-state index is 12.2. The average Bonchev–Trinajstić information content (AvgIpc) is 3.50. The summed E-state index contributed by atoms with van der Waals surface area (Å²) in [6.07, 6.45) is 6.44. The van der Waals surface area contributed by atoms with Crippen molar-refractivity contribution in [1.82, 2.24) is 10.2 Å². The maximum atomic E-state index is 12.2. The third-order valence-electron chi connectivity index (χ3n) is 4.84. The molecule has 1 aromatic heterocycles. The van der Waals surface area contributed by atoms with Gasteiger partial charge in [-0.3, -0.25) is 14.9 Å². The molecule has 2 heterocycles. The number of thioether (sulfide) groups is 1. The topological polar surface area (TPSA) is 102 Å². The summed E-state index contributed by atoms with van der Waals surface area (Å²) in [6.45, 7) is 2.37. The third kappa shape index (κ3) is 6.82. The minimum atomic E-state index is -0.328. The Balaban J connectivity index is 1.21. The second-order valence-electron chi connectivity index (χ2n) is 7.45. The zero-order valence-electron chi connectivity index (χ0n) is 18.6. The molecule has 1 aliphatic rings. The number of rotatable bonds is 10. The summed E-state index contributed by atoms with van der Waals surface area (Å²) in [7, 11) is 0. The normalized spacial score (nSPS) is 12.1. The summed E-state index contributed by atoms with van der Waals surface area (Å²) in [6, 6.07) is 13.4. The second-order valence-corrected chi connectivity index (χ2v) is 9.65. The van der Waals surface area contributed by atoms with Crippen molar-refractivity contribution >= 4 is 51.8 Å². The van der Waals surface area contributed by atoms with Gasteiger partial charge in [-0.25, -0.2) is 0 Å². The second kappa shape index (κ2) is 11.7. The number of hydrogen-bond acceptors (Lipinski definition) is 8. The van der Waals surface area contributed by atoms with Crippen LogP contribution in [0.3, 0.4) is 0 Å². The fourth-order valence-electron chi connectivity index (χ4n) is 3.11. The highest BCUT2D eigenvalue weighted by molar-refractivity contribution is 8.01. The van der Waals surface area contributed by atoms with Gasteiger partial charge in [0.1, 0.15) is 0 Å². The lowest BCUT2D eigenvalue weighted by Crippen LogP contribution is -2.13. The van der Waals surface area contributed by atoms with Crippen LogP contribution in [0, 0.1) is 0 Å². The van der Waals surface area contributed by atoms with E-state index in [1.165, 1.54) is 34.7 Å². The summed E-state index contributed by atoms with van der Waals surface area (Å²) in [5, 5.41) is 13.9. The number of unbranched alkanes of at least 4 members (excludes halogenated alkanes) is 1. The van der Waals surface area contributed by atoms with Crippen molar-refractivity contribution < 1.29 is 19.1 Å². The molecule has 0 unspecified atom stereocenters. The molecular weight excluding hydrogens is 472 g/mol. The van der Waals surface area contributed by atoms with Crippen LogP contribution in [0.4, 0.5) is 10.8 Å². The monoisotopic (exact) mass is 496 g/mol. The van der Waals surface area contributed by atoms with Crippen LogP contribution >= 0.6 is 23.1 Å². The number of aryl methyl sites for hydroxylation is 1. The highest BCUT2D eigenvalue weighted by Crippen LogP contribution is 2.32. The number of nitrogens with one attached hydrogen (secondary N) is 2. The number of ether oxygens (including phenoxy) is 2. The van der Waals surface area contributed by atoms with Crippen LogP contribution in [0.25, 0.3) is 6.08 Å². The zero-order valence-corrected chi connectivity index (χ0v) is 20.2. The summed E-state index contributed by atoms with van der Waals surface area (Å²) in [5.41, 5.74) is 2.85. The quantitative estimate of drug-likeness (QED) is 0.231. The van der Waals surface area contributed by atoms with E-state index in [1.54, 1.807) is 18.2 Å². The van der Waals surface area contributed by atoms with Crippen LogP contribution in [-0.4, -0.2) is 34.6 Å². The van der Waals surface area contributed by atoms with E-state index >= 15 is 0 Å². The maximum Gasteiger partial charge on any atom is 0.250 e. The van der Waals surface area contributed by atoms with Gasteiger partial charge in [-0.15, -0.1) is 10.2 Å². The van der Waals surface area contributed by atoms with Gasteiger partial charge in [-0.2, -0.15) is 0 Å². The SMILES string of the molecule is CCCCc1ccc(NC(=O)CSc2nnc(NC(=O)/C=C/c3ccc4c(c3)OCO4)s2)cc1. The van der Waals surface area contributed by atoms with Crippen molar-refractivity contribution in [1.29, 1.82) is 0 Å². The lowest BCUT2D eigenvalue weighted by molar-refractivity contribution is -0.114. The number of amides is 2. The van der Waals surface area contributed by atoms with E-state index in [0.29, 0.717) is 21.0 Å². The predicted molar refractivity (Wildman–Crippen MR) is 135 cm³/mol. The number of benzene rings is 2. The van der Waals surface area contributed by atoms with Crippen molar-refractivity contribution in [2.45, 2.75) is 30.5 Å². The summed E-state index contributed by atoms with van der Waals surface area (Å²) in [5.74, 6) is 1.09. The van der Waals surface area contributed by atoms with E-state index in [1.807, 2.05) is 30.3 Å². The number of fused-ring (bicyclic) bond motifs is 1. The highest BCUT2D eigenvalue weighted by Gasteiger charge is 2.13. The number of nitrogens with zero attached hydrogens (tertiary/aromatic N) is 2. The molecule has 3 aromatic rings. The summed E-state index contributed by atoms with van der Waals surface area (Å²) >= 11 is 2.48. The van der Waals surface area contributed by atoms with Crippen molar-refractivity contribution in [3.63, 3.8) is 0 Å². The van der Waals surface area contributed by atoms with Gasteiger partial charge < -0.3 is 14.8 Å². The molecule has 0 bridgehead atoms. The van der Waals surface area contributed by atoms with Gasteiger partial charge in [0.2, 0.25) is 23.7 Å². The molecule has 176 valence electrons. The van der Waals surface area contributed by atoms with E-state index in [4.69, 9.17) is 9.47 Å². The lowest BCUT2D eigenvalue weighted by Gasteiger charge is -2.05. The standard InChI is InChI=1S/C24H24N4O4S2/c1-2-3-4-16-5-9-18(10-6-16)25-22(30)14-33-24-28-27-23(34-24)26-21(29)12-8-17-7-11-19-20(13-17)32-15-31-19/h5-13H,2-4,14-15H2,1H3,(H,25,30)(H,26,27,29)/b12-8+. The Morgan fingerprint density at radius 3 is 2.74 bits per heavy atom. The van der Waals surface area contributed by atoms with Gasteiger partial charge in [0, 0.05) is 11.8 Å². The first-order valence-corrected chi connectivity index (χ1v) is 12.6. The molecule has 2 aromatic carbocycles. The number of carbonyl (C=O) groups excluding carboxylic acids is 2. The molecule has 34 heavy (non-hydrogen) atoms. The Bertz CT molecular complexity index is 1180. The van der Waals surface area contributed by atoms with Crippen LogP contribution < -0.4 is 20.1 Å². The first-order valence-electron chi connectivity index (χ1n) is 10.8. The van der Waals surface area contributed by atoms with Gasteiger partial charge in [0.05, 0.1) is 5.75 Å². The molecule has 8 nitrogen and oxygen atoms in total. The molecule has 0 atom stereocenters. The fraction of sp³-hybridized carbons (Fsp3) is 0.250. The number of aromatic nitrogens is 2. The molecule has 0 aliphatic carbocycles. The number of hydrogen-bond donors (Lipinski definition) is 2. The molecule has 2 N–H and O–H groups in total. The highest BCUT2D eigenvalue weighted by atomic mass is 32.2. The zero-order chi connectivity index (χ0) is 23.8. The first-order chi connectivity index (χ1) is 16.6. The molecule has 0 saturated carbocycles. The van der Waals surface area contributed by atoms with Gasteiger partial charge >= 0.3 is 0 Å². The van der Waals surface area contributed by atoms with Crippen molar-refractivity contribution in [3.05, 3.63) is 59.7 Å². The first kappa shape index (κ1) is 23.8. The van der Waals surface area contributed by atoms with Crippen LogP contribution in [0.15, 0.2) is 52.9 Å². The van der Waals surface area contributed by atoms with Crippen molar-refractivity contribution in [2.75, 3.05) is 23.2 Å². The van der Waals surface area contributed by atoms with Crippen LogP contribution in [0.1, 0.15) is 30.9 Å². The van der Waals surface area contributed by atoms with Gasteiger partial charge in [0.15, 0.2) is 15.8 Å². The predicted octanol–water partition coefficient (Wildman–Crippen LogP) is 4.99. The minimum absolute atomic E-state index is 0.126. The molecule has 2 amide bonds. The minimum Gasteiger partial charge on any atom is -0.454 e. The van der Waals surface area contributed by atoms with Gasteiger partial charge in [-0.1, -0.05) is 54.6 Å². The Morgan fingerprint density at radius 2 is 1.91 bits per heavy atom. The molecule has 0 radical (unpaired) electrons. The van der Waals surface area contributed by atoms with E-state index in [2.05, 4.69) is 27.8 Å². The Labute approximate surface area is 205 Å². The van der Waals surface area contributed by atoms with E-state index in [0.717, 1.165) is 30.5 Å². The molecule has 0 spiro atoms. The molecule has 4 rings (SSSR count). The van der Waals surface area contributed by atoms with Crippen LogP contribution in [0.2, 0.25) is 0 Å². The smallest absolute Gasteiger partial charge is 0.250 e. The Hall–Kier alpha value is -3.37. The van der Waals surface area contributed by atoms with Crippen molar-refractivity contribution in [3.8, 4) is 11.5 Å². The molecule has 0 saturated heterocycles. The van der Waals surface area contributed by atoms with Crippen LogP contribution in [-0.2, 0) is 16.0 Å².